The van der Waals surface area contributed by atoms with Gasteiger partial charge in [0.25, 0.3) is 0 Å². The monoisotopic (exact) mass is 160 g/mol. The van der Waals surface area contributed by atoms with E-state index in [-0.39, 0.29) is 18.2 Å². The van der Waals surface area contributed by atoms with E-state index in [4.69, 9.17) is 9.47 Å². The second kappa shape index (κ2) is 3.69. The fraction of sp³-hybridized carbons (Fsp3) is 0.857. The van der Waals surface area contributed by atoms with E-state index in [9.17, 15) is 4.79 Å². The number of carbonyl (C=O) groups excluding carboxylic acids is 1. The normalized spacial score (nSPS) is 30.4. The second-order valence-corrected chi connectivity index (χ2v) is 2.45. The van der Waals surface area contributed by atoms with Gasteiger partial charge in [-0.25, -0.2) is 0 Å². The van der Waals surface area contributed by atoms with E-state index >= 15 is 0 Å². The Kier molecular flexibility index (Phi) is 2.84. The molecule has 0 N–H and O–H groups in total. The summed E-state index contributed by atoms with van der Waals surface area (Å²) in [5, 5.41) is 0. The van der Waals surface area contributed by atoms with E-state index in [0.29, 0.717) is 13.0 Å². The first-order valence-electron chi connectivity index (χ1n) is 3.50. The van der Waals surface area contributed by atoms with Crippen LogP contribution in [0.15, 0.2) is 0 Å². The summed E-state index contributed by atoms with van der Waals surface area (Å²) in [4.78, 5) is 10.9. The molecule has 11 heavy (non-hydrogen) atoms. The lowest BCUT2D eigenvalue weighted by molar-refractivity contribution is -0.145. The minimum absolute atomic E-state index is 0.148. The average Bonchev–Trinajstić information content (AvgIpc) is 2.50. The fourth-order valence-electron chi connectivity index (χ4n) is 1.09. The van der Waals surface area contributed by atoms with Gasteiger partial charge >= 0.3 is 5.97 Å². The molecule has 0 bridgehead atoms. The predicted octanol–water partition coefficient (Wildman–Crippen LogP) is 0.168. The molecule has 0 spiro atoms. The number of esters is 1. The standard InChI is InChI=1S/C7H12O4/c1-9-6-3-5(4-11-6)7(8)10-2/h5-6H,3-4H2,1-2H3/t5-,6-/m1/s1. The van der Waals surface area contributed by atoms with E-state index in [1.165, 1.54) is 7.11 Å². The van der Waals surface area contributed by atoms with E-state index < -0.39 is 0 Å². The molecule has 1 aliphatic heterocycles. The molecule has 0 aromatic rings. The van der Waals surface area contributed by atoms with Crippen molar-refractivity contribution in [3.05, 3.63) is 0 Å². The van der Waals surface area contributed by atoms with Crippen LogP contribution in [0, 0.1) is 5.92 Å². The highest BCUT2D eigenvalue weighted by Gasteiger charge is 2.31. The minimum atomic E-state index is -0.237. The van der Waals surface area contributed by atoms with E-state index in [1.807, 2.05) is 0 Å². The molecular formula is C7H12O4. The summed E-state index contributed by atoms with van der Waals surface area (Å²) in [7, 11) is 2.94. The maximum atomic E-state index is 10.9. The maximum Gasteiger partial charge on any atom is 0.311 e. The van der Waals surface area contributed by atoms with E-state index in [0.717, 1.165) is 0 Å². The zero-order chi connectivity index (χ0) is 8.27. The summed E-state index contributed by atoms with van der Waals surface area (Å²) in [6.07, 6.45) is 0.363. The van der Waals surface area contributed by atoms with Crippen LogP contribution in [-0.4, -0.2) is 33.1 Å². The van der Waals surface area contributed by atoms with Gasteiger partial charge in [-0.2, -0.15) is 0 Å². The first-order chi connectivity index (χ1) is 5.27. The maximum absolute atomic E-state index is 10.9. The zero-order valence-corrected chi connectivity index (χ0v) is 6.70. The molecule has 64 valence electrons. The summed E-state index contributed by atoms with van der Waals surface area (Å²) in [5.41, 5.74) is 0. The van der Waals surface area contributed by atoms with Crippen LogP contribution in [0.5, 0.6) is 0 Å². The van der Waals surface area contributed by atoms with Crippen LogP contribution < -0.4 is 0 Å². The van der Waals surface area contributed by atoms with Crippen LogP contribution in [-0.2, 0) is 19.0 Å². The Hall–Kier alpha value is -0.610. The summed E-state index contributed by atoms with van der Waals surface area (Å²) >= 11 is 0. The van der Waals surface area contributed by atoms with Gasteiger partial charge in [-0.05, 0) is 0 Å². The summed E-state index contributed by atoms with van der Waals surface area (Å²) in [5.74, 6) is -0.366. The van der Waals surface area contributed by atoms with Crippen LogP contribution in [0.3, 0.4) is 0 Å². The smallest absolute Gasteiger partial charge is 0.311 e. The molecule has 1 saturated heterocycles. The highest BCUT2D eigenvalue weighted by Crippen LogP contribution is 2.20. The molecule has 1 fully saturated rings. The number of methoxy groups -OCH3 is 2. The largest absolute Gasteiger partial charge is 0.469 e. The Morgan fingerprint density at radius 2 is 2.27 bits per heavy atom. The van der Waals surface area contributed by atoms with Crippen molar-refractivity contribution in [3.63, 3.8) is 0 Å². The molecule has 0 aromatic carbocycles. The topological polar surface area (TPSA) is 44.8 Å². The van der Waals surface area contributed by atoms with Gasteiger partial charge in [0.05, 0.1) is 19.6 Å². The molecule has 1 heterocycles. The predicted molar refractivity (Wildman–Crippen MR) is 36.9 cm³/mol. The van der Waals surface area contributed by atoms with Crippen molar-refractivity contribution < 1.29 is 19.0 Å². The molecule has 4 nitrogen and oxygen atoms in total. The first kappa shape index (κ1) is 8.49. The van der Waals surface area contributed by atoms with Gasteiger partial charge in [-0.3, -0.25) is 4.79 Å². The fourth-order valence-corrected chi connectivity index (χ4v) is 1.09. The highest BCUT2D eigenvalue weighted by atomic mass is 16.7. The van der Waals surface area contributed by atoms with Crippen molar-refractivity contribution in [2.75, 3.05) is 20.8 Å². The third-order valence-corrected chi connectivity index (χ3v) is 1.76. The molecule has 2 atom stereocenters. The molecule has 0 aliphatic carbocycles. The van der Waals surface area contributed by atoms with Crippen LogP contribution in [0.2, 0.25) is 0 Å². The Morgan fingerprint density at radius 3 is 2.73 bits per heavy atom. The lowest BCUT2D eigenvalue weighted by atomic mass is 10.1. The van der Waals surface area contributed by atoms with Gasteiger partial charge in [-0.1, -0.05) is 0 Å². The zero-order valence-electron chi connectivity index (χ0n) is 6.70. The summed E-state index contributed by atoms with van der Waals surface area (Å²) in [6, 6.07) is 0. The highest BCUT2D eigenvalue weighted by molar-refractivity contribution is 5.72. The number of ether oxygens (including phenoxy) is 3. The van der Waals surface area contributed by atoms with E-state index in [1.54, 1.807) is 7.11 Å². The van der Waals surface area contributed by atoms with Gasteiger partial charge in [-0.15, -0.1) is 0 Å². The van der Waals surface area contributed by atoms with Gasteiger partial charge in [0.1, 0.15) is 0 Å². The van der Waals surface area contributed by atoms with Crippen LogP contribution in [0.25, 0.3) is 0 Å². The van der Waals surface area contributed by atoms with Crippen LogP contribution in [0.1, 0.15) is 6.42 Å². The van der Waals surface area contributed by atoms with Crippen LogP contribution >= 0.6 is 0 Å². The van der Waals surface area contributed by atoms with Crippen molar-refractivity contribution in [1.29, 1.82) is 0 Å². The Bertz CT molecular complexity index is 145. The van der Waals surface area contributed by atoms with Gasteiger partial charge in [0.15, 0.2) is 6.29 Å². The van der Waals surface area contributed by atoms with Crippen molar-refractivity contribution in [3.8, 4) is 0 Å². The lowest BCUT2D eigenvalue weighted by Crippen LogP contribution is -2.16. The molecule has 1 rings (SSSR count). The number of hydrogen-bond donors (Lipinski definition) is 0. The van der Waals surface area contributed by atoms with Gasteiger partial charge in [0, 0.05) is 13.5 Å². The van der Waals surface area contributed by atoms with Gasteiger partial charge < -0.3 is 14.2 Å². The Balaban J connectivity index is 2.35. The second-order valence-electron chi connectivity index (χ2n) is 2.45. The molecule has 0 radical (unpaired) electrons. The molecule has 0 saturated carbocycles. The molecule has 0 amide bonds. The third-order valence-electron chi connectivity index (χ3n) is 1.76. The van der Waals surface area contributed by atoms with E-state index in [2.05, 4.69) is 4.74 Å². The quantitative estimate of drug-likeness (QED) is 0.540. The first-order valence-corrected chi connectivity index (χ1v) is 3.50. The minimum Gasteiger partial charge on any atom is -0.469 e. The Labute approximate surface area is 65.4 Å². The molecular weight excluding hydrogens is 148 g/mol. The third kappa shape index (κ3) is 1.91. The van der Waals surface area contributed by atoms with Crippen molar-refractivity contribution in [2.24, 2.45) is 5.92 Å². The molecule has 0 unspecified atom stereocenters. The average molecular weight is 160 g/mol. The van der Waals surface area contributed by atoms with Crippen molar-refractivity contribution in [2.45, 2.75) is 12.7 Å². The van der Waals surface area contributed by atoms with Crippen LogP contribution in [0.4, 0.5) is 0 Å². The van der Waals surface area contributed by atoms with Crippen molar-refractivity contribution >= 4 is 5.97 Å². The van der Waals surface area contributed by atoms with Crippen molar-refractivity contribution in [1.82, 2.24) is 0 Å². The molecule has 1 aliphatic rings. The SMILES string of the molecule is COC(=O)[C@H]1CO[C@@H](OC)C1. The lowest BCUT2D eigenvalue weighted by Gasteiger charge is -2.04. The number of hydrogen-bond acceptors (Lipinski definition) is 4. The molecule has 0 aromatic heterocycles. The Morgan fingerprint density at radius 1 is 1.55 bits per heavy atom. The molecule has 4 heteroatoms. The summed E-state index contributed by atoms with van der Waals surface area (Å²) < 4.78 is 14.6. The number of carbonyl (C=O) groups is 1. The number of rotatable bonds is 2. The summed E-state index contributed by atoms with van der Waals surface area (Å²) in [6.45, 7) is 0.408. The van der Waals surface area contributed by atoms with Gasteiger partial charge in [0.2, 0.25) is 0 Å².